The predicted molar refractivity (Wildman–Crippen MR) is 75.7 cm³/mol. The molecule has 1 nitrogen and oxygen atoms in total. The summed E-state index contributed by atoms with van der Waals surface area (Å²) < 4.78 is 37.4. The molecule has 1 heterocycles. The minimum atomic E-state index is -4.30. The third kappa shape index (κ3) is 3.76. The Kier molecular flexibility index (Phi) is 4.38. The minimum absolute atomic E-state index is 0.444. The second kappa shape index (κ2) is 5.87. The minimum Gasteiger partial charge on any atom is -0.249 e. The van der Waals surface area contributed by atoms with E-state index in [0.29, 0.717) is 5.25 Å². The van der Waals surface area contributed by atoms with Crippen LogP contribution in [-0.2, 0) is 6.18 Å². The molecule has 0 atom stereocenters. The summed E-state index contributed by atoms with van der Waals surface area (Å²) >= 11 is 1.65. The number of hydrogen-bond acceptors (Lipinski definition) is 2. The average molecular weight is 297 g/mol. The predicted octanol–water partition coefficient (Wildman–Crippen LogP) is 5.27. The van der Waals surface area contributed by atoms with E-state index in [1.807, 2.05) is 12.1 Å². The Balaban J connectivity index is 2.19. The number of hydrogen-bond donors (Lipinski definition) is 0. The Labute approximate surface area is 120 Å². The highest BCUT2D eigenvalue weighted by Crippen LogP contribution is 2.31. The van der Waals surface area contributed by atoms with Crippen molar-refractivity contribution in [3.63, 3.8) is 0 Å². The lowest BCUT2D eigenvalue weighted by molar-refractivity contribution is -0.137. The van der Waals surface area contributed by atoms with Crippen molar-refractivity contribution < 1.29 is 13.2 Å². The van der Waals surface area contributed by atoms with Crippen molar-refractivity contribution in [2.24, 2.45) is 0 Å². The molecule has 0 saturated carbocycles. The van der Waals surface area contributed by atoms with Gasteiger partial charge in [-0.1, -0.05) is 32.0 Å². The highest BCUT2D eigenvalue weighted by atomic mass is 32.2. The molecule has 2 rings (SSSR count). The second-order valence-corrected chi connectivity index (χ2v) is 6.22. The molecule has 0 bridgehead atoms. The molecule has 1 aromatic carbocycles. The van der Waals surface area contributed by atoms with E-state index >= 15 is 0 Å². The van der Waals surface area contributed by atoms with Crippen molar-refractivity contribution in [1.82, 2.24) is 4.98 Å². The summed E-state index contributed by atoms with van der Waals surface area (Å²) in [4.78, 5) is 4.31. The molecule has 5 heteroatoms. The lowest BCUT2D eigenvalue weighted by Crippen LogP contribution is -2.03. The normalized spacial score (nSPS) is 11.9. The first-order chi connectivity index (χ1) is 9.36. The van der Waals surface area contributed by atoms with Gasteiger partial charge in [0.15, 0.2) is 0 Å². The van der Waals surface area contributed by atoms with Gasteiger partial charge in [0.2, 0.25) is 0 Å². The average Bonchev–Trinajstić information content (AvgIpc) is 2.38. The fraction of sp³-hybridized carbons (Fsp3) is 0.267. The van der Waals surface area contributed by atoms with Crippen molar-refractivity contribution in [3.8, 4) is 11.1 Å². The summed E-state index contributed by atoms with van der Waals surface area (Å²) in [6, 6.07) is 8.88. The van der Waals surface area contributed by atoms with E-state index in [1.165, 1.54) is 12.1 Å². The zero-order valence-corrected chi connectivity index (χ0v) is 11.9. The lowest BCUT2D eigenvalue weighted by Gasteiger charge is -2.08. The Morgan fingerprint density at radius 2 is 1.55 bits per heavy atom. The van der Waals surface area contributed by atoms with Gasteiger partial charge < -0.3 is 0 Å². The first kappa shape index (κ1) is 14.9. The molecule has 2 aromatic rings. The number of thioether (sulfide) groups is 1. The highest BCUT2D eigenvalue weighted by molar-refractivity contribution is 7.99. The van der Waals surface area contributed by atoms with Gasteiger partial charge in [-0.3, -0.25) is 0 Å². The summed E-state index contributed by atoms with van der Waals surface area (Å²) in [6.45, 7) is 4.16. The molecular weight excluding hydrogens is 283 g/mol. The highest BCUT2D eigenvalue weighted by Gasteiger charge is 2.29. The van der Waals surface area contributed by atoms with Crippen LogP contribution in [0.25, 0.3) is 11.1 Å². The van der Waals surface area contributed by atoms with Gasteiger partial charge in [-0.05, 0) is 23.8 Å². The molecule has 0 aliphatic heterocycles. The van der Waals surface area contributed by atoms with Crippen molar-refractivity contribution >= 4 is 11.8 Å². The van der Waals surface area contributed by atoms with Crippen molar-refractivity contribution in [1.29, 1.82) is 0 Å². The largest absolute Gasteiger partial charge is 0.416 e. The second-order valence-electron chi connectivity index (χ2n) is 4.63. The molecule has 0 N–H and O–H groups in total. The van der Waals surface area contributed by atoms with Crippen molar-refractivity contribution in [2.75, 3.05) is 0 Å². The first-order valence-electron chi connectivity index (χ1n) is 6.16. The molecule has 0 amide bonds. The standard InChI is InChI=1S/C15H14F3NS/c1-10(2)20-14-8-5-12(9-19-14)11-3-6-13(7-4-11)15(16,17)18/h3-10H,1-2H3. The Morgan fingerprint density at radius 1 is 0.950 bits per heavy atom. The maximum atomic E-state index is 12.5. The number of halogens is 3. The summed E-state index contributed by atoms with van der Waals surface area (Å²) in [5, 5.41) is 1.36. The van der Waals surface area contributed by atoms with E-state index in [2.05, 4.69) is 18.8 Å². The third-order valence-corrected chi connectivity index (χ3v) is 3.59. The molecule has 0 saturated heterocycles. The molecule has 1 aromatic heterocycles. The maximum Gasteiger partial charge on any atom is 0.416 e. The zero-order chi connectivity index (χ0) is 14.8. The molecule has 0 aliphatic carbocycles. The van der Waals surface area contributed by atoms with E-state index in [0.717, 1.165) is 28.3 Å². The molecule has 0 aliphatic rings. The van der Waals surface area contributed by atoms with Gasteiger partial charge in [0, 0.05) is 17.0 Å². The fourth-order valence-electron chi connectivity index (χ4n) is 1.71. The molecule has 106 valence electrons. The summed E-state index contributed by atoms with van der Waals surface area (Å²) in [5.74, 6) is 0. The quantitative estimate of drug-likeness (QED) is 0.716. The van der Waals surface area contributed by atoms with Crippen LogP contribution in [-0.4, -0.2) is 10.2 Å². The smallest absolute Gasteiger partial charge is 0.249 e. The van der Waals surface area contributed by atoms with E-state index in [9.17, 15) is 13.2 Å². The van der Waals surface area contributed by atoms with Crippen LogP contribution in [0.5, 0.6) is 0 Å². The van der Waals surface area contributed by atoms with Crippen LogP contribution >= 0.6 is 11.8 Å². The van der Waals surface area contributed by atoms with Crippen molar-refractivity contribution in [2.45, 2.75) is 30.3 Å². The van der Waals surface area contributed by atoms with Crippen molar-refractivity contribution in [3.05, 3.63) is 48.2 Å². The Bertz CT molecular complexity index is 559. The van der Waals surface area contributed by atoms with Crippen LogP contribution in [0.2, 0.25) is 0 Å². The van der Waals surface area contributed by atoms with Crippen LogP contribution in [0, 0.1) is 0 Å². The molecule has 0 spiro atoms. The van der Waals surface area contributed by atoms with Gasteiger partial charge >= 0.3 is 6.18 Å². The maximum absolute atomic E-state index is 12.5. The summed E-state index contributed by atoms with van der Waals surface area (Å²) in [7, 11) is 0. The Morgan fingerprint density at radius 3 is 2.00 bits per heavy atom. The Hall–Kier alpha value is -1.49. The monoisotopic (exact) mass is 297 g/mol. The molecule has 0 radical (unpaired) electrons. The van der Waals surface area contributed by atoms with Crippen LogP contribution in [0.1, 0.15) is 19.4 Å². The number of benzene rings is 1. The molecule has 0 unspecified atom stereocenters. The van der Waals surface area contributed by atoms with E-state index in [4.69, 9.17) is 0 Å². The molecule has 0 fully saturated rings. The van der Waals surface area contributed by atoms with Gasteiger partial charge in [-0.15, -0.1) is 11.8 Å². The molecular formula is C15H14F3NS. The lowest BCUT2D eigenvalue weighted by atomic mass is 10.1. The fourth-order valence-corrected chi connectivity index (χ4v) is 2.46. The zero-order valence-electron chi connectivity index (χ0n) is 11.1. The van der Waals surface area contributed by atoms with Gasteiger partial charge in [-0.25, -0.2) is 4.98 Å². The summed E-state index contributed by atoms with van der Waals surface area (Å²) in [6.07, 6.45) is -2.61. The molecule has 20 heavy (non-hydrogen) atoms. The number of aromatic nitrogens is 1. The number of pyridine rings is 1. The van der Waals surface area contributed by atoms with Crippen LogP contribution < -0.4 is 0 Å². The van der Waals surface area contributed by atoms with Crippen LogP contribution in [0.4, 0.5) is 13.2 Å². The van der Waals surface area contributed by atoms with E-state index in [1.54, 1.807) is 18.0 Å². The third-order valence-electron chi connectivity index (χ3n) is 2.64. The van der Waals surface area contributed by atoms with Gasteiger partial charge in [0.25, 0.3) is 0 Å². The van der Waals surface area contributed by atoms with Crippen LogP contribution in [0.15, 0.2) is 47.6 Å². The number of rotatable bonds is 3. The van der Waals surface area contributed by atoms with Crippen LogP contribution in [0.3, 0.4) is 0 Å². The van der Waals surface area contributed by atoms with Gasteiger partial charge in [-0.2, -0.15) is 13.2 Å². The van der Waals surface area contributed by atoms with Gasteiger partial charge in [0.1, 0.15) is 0 Å². The first-order valence-corrected chi connectivity index (χ1v) is 7.04. The number of nitrogens with zero attached hydrogens (tertiary/aromatic N) is 1. The van der Waals surface area contributed by atoms with E-state index in [-0.39, 0.29) is 0 Å². The SMILES string of the molecule is CC(C)Sc1ccc(-c2ccc(C(F)(F)F)cc2)cn1. The number of alkyl halides is 3. The summed E-state index contributed by atoms with van der Waals surface area (Å²) in [5.41, 5.74) is 0.902. The van der Waals surface area contributed by atoms with Gasteiger partial charge in [0.05, 0.1) is 10.6 Å². The van der Waals surface area contributed by atoms with E-state index < -0.39 is 11.7 Å². The topological polar surface area (TPSA) is 12.9 Å².